The van der Waals surface area contributed by atoms with E-state index in [9.17, 15) is 9.59 Å². The zero-order valence-corrected chi connectivity index (χ0v) is 18.4. The fraction of sp³-hybridized carbons (Fsp3) is 0.333. The van der Waals surface area contributed by atoms with Crippen LogP contribution in [0.4, 0.5) is 0 Å². The monoisotopic (exact) mass is 418 g/mol. The molecule has 0 amide bonds. The van der Waals surface area contributed by atoms with Gasteiger partial charge in [-0.1, -0.05) is 18.2 Å². The maximum absolute atomic E-state index is 13.0. The number of carbonyl (C=O) groups excluding carboxylic acids is 2. The van der Waals surface area contributed by atoms with E-state index < -0.39 is 12.1 Å². The van der Waals surface area contributed by atoms with Crippen LogP contribution in [-0.2, 0) is 16.0 Å². The number of rotatable bonds is 6. The van der Waals surface area contributed by atoms with Crippen LogP contribution in [0, 0.1) is 27.7 Å². The van der Waals surface area contributed by atoms with Gasteiger partial charge < -0.3 is 9.72 Å². The number of nitrogens with one attached hydrogen (secondary N) is 1. The number of benzene rings is 1. The van der Waals surface area contributed by atoms with Crippen LogP contribution in [0.3, 0.4) is 0 Å². The van der Waals surface area contributed by atoms with Crippen LogP contribution in [0.25, 0.3) is 16.6 Å². The molecular formula is C24H26N4O3. The van der Waals surface area contributed by atoms with E-state index in [0.29, 0.717) is 12.0 Å². The normalized spacial score (nSPS) is 12.4. The highest BCUT2D eigenvalue weighted by Crippen LogP contribution is 2.24. The van der Waals surface area contributed by atoms with Gasteiger partial charge in [-0.25, -0.2) is 9.50 Å². The summed E-state index contributed by atoms with van der Waals surface area (Å²) in [5, 5.41) is 5.31. The van der Waals surface area contributed by atoms with Crippen molar-refractivity contribution in [3.63, 3.8) is 0 Å². The molecule has 160 valence electrons. The lowest BCUT2D eigenvalue weighted by Crippen LogP contribution is -2.25. The van der Waals surface area contributed by atoms with E-state index in [2.05, 4.69) is 15.1 Å². The summed E-state index contributed by atoms with van der Waals surface area (Å²) < 4.78 is 7.29. The number of aryl methyl sites for hydroxylation is 4. The predicted octanol–water partition coefficient (Wildman–Crippen LogP) is 4.19. The van der Waals surface area contributed by atoms with E-state index in [-0.39, 0.29) is 12.2 Å². The van der Waals surface area contributed by atoms with Gasteiger partial charge in [0.1, 0.15) is 0 Å². The molecular weight excluding hydrogens is 392 g/mol. The highest BCUT2D eigenvalue weighted by atomic mass is 16.5. The van der Waals surface area contributed by atoms with Gasteiger partial charge in [-0.05, 0) is 52.7 Å². The first-order valence-electron chi connectivity index (χ1n) is 10.4. The number of ketones is 1. The van der Waals surface area contributed by atoms with E-state index in [0.717, 1.165) is 44.9 Å². The highest BCUT2D eigenvalue weighted by Gasteiger charge is 2.24. The van der Waals surface area contributed by atoms with Crippen molar-refractivity contribution >= 4 is 28.3 Å². The van der Waals surface area contributed by atoms with Gasteiger partial charge in [0.05, 0.1) is 5.69 Å². The third kappa shape index (κ3) is 3.83. The molecule has 1 atom stereocenters. The average Bonchev–Trinajstić information content (AvgIpc) is 3.25. The Labute approximate surface area is 180 Å². The lowest BCUT2D eigenvalue weighted by Gasteiger charge is -2.14. The molecule has 4 rings (SSSR count). The minimum absolute atomic E-state index is 0.166. The van der Waals surface area contributed by atoms with Gasteiger partial charge in [0.25, 0.3) is 0 Å². The molecule has 0 fully saturated rings. The quantitative estimate of drug-likeness (QED) is 0.375. The van der Waals surface area contributed by atoms with Crippen molar-refractivity contribution in [1.29, 1.82) is 0 Å². The van der Waals surface area contributed by atoms with Crippen molar-refractivity contribution in [1.82, 2.24) is 19.6 Å². The first kappa shape index (κ1) is 20.8. The Morgan fingerprint density at radius 1 is 1.16 bits per heavy atom. The second-order valence-corrected chi connectivity index (χ2v) is 7.98. The Balaban J connectivity index is 1.46. The molecule has 7 heteroatoms. The summed E-state index contributed by atoms with van der Waals surface area (Å²) in [6.07, 6.45) is -0.215. The first-order chi connectivity index (χ1) is 14.8. The molecule has 0 spiro atoms. The summed E-state index contributed by atoms with van der Waals surface area (Å²) in [7, 11) is 0. The average molecular weight is 418 g/mol. The Morgan fingerprint density at radius 2 is 1.90 bits per heavy atom. The Hall–Kier alpha value is -3.48. The number of hydrogen-bond donors (Lipinski definition) is 1. The summed E-state index contributed by atoms with van der Waals surface area (Å²) in [4.78, 5) is 33.3. The fourth-order valence-electron chi connectivity index (χ4n) is 4.14. The van der Waals surface area contributed by atoms with Crippen LogP contribution in [0.2, 0.25) is 0 Å². The molecule has 0 saturated carbocycles. The largest absolute Gasteiger partial charge is 0.454 e. The number of esters is 1. The van der Waals surface area contributed by atoms with Gasteiger partial charge in [0, 0.05) is 46.0 Å². The SMILES string of the molecule is Cc1cc2nc(C)c(CCC(=O)O[C@@H](C)C(=O)c3c(C)[nH]c4ccccc34)c(C)n2n1. The van der Waals surface area contributed by atoms with E-state index >= 15 is 0 Å². The Kier molecular flexibility index (Phi) is 5.35. The third-order valence-electron chi connectivity index (χ3n) is 5.68. The van der Waals surface area contributed by atoms with Crippen molar-refractivity contribution < 1.29 is 14.3 Å². The Morgan fingerprint density at radius 3 is 2.68 bits per heavy atom. The summed E-state index contributed by atoms with van der Waals surface area (Å²) in [6, 6.07) is 9.55. The number of hydrogen-bond acceptors (Lipinski definition) is 5. The van der Waals surface area contributed by atoms with E-state index in [1.807, 2.05) is 58.0 Å². The maximum Gasteiger partial charge on any atom is 0.306 e. The van der Waals surface area contributed by atoms with Gasteiger partial charge >= 0.3 is 5.97 Å². The third-order valence-corrected chi connectivity index (χ3v) is 5.68. The maximum atomic E-state index is 13.0. The molecule has 0 unspecified atom stereocenters. The molecule has 7 nitrogen and oxygen atoms in total. The molecule has 1 aromatic carbocycles. The molecule has 3 aromatic heterocycles. The first-order valence-corrected chi connectivity index (χ1v) is 10.4. The van der Waals surface area contributed by atoms with Crippen LogP contribution in [-0.4, -0.2) is 37.4 Å². The summed E-state index contributed by atoms with van der Waals surface area (Å²) in [6.45, 7) is 9.31. The van der Waals surface area contributed by atoms with Crippen LogP contribution in [0.1, 0.15) is 52.0 Å². The second-order valence-electron chi connectivity index (χ2n) is 7.98. The van der Waals surface area contributed by atoms with Crippen LogP contribution in [0.15, 0.2) is 30.3 Å². The van der Waals surface area contributed by atoms with Gasteiger partial charge in [-0.15, -0.1) is 0 Å². The van der Waals surface area contributed by atoms with Crippen molar-refractivity contribution in [2.24, 2.45) is 0 Å². The van der Waals surface area contributed by atoms with Gasteiger partial charge in [-0.3, -0.25) is 9.59 Å². The lowest BCUT2D eigenvalue weighted by atomic mass is 10.0. The zero-order chi connectivity index (χ0) is 22.3. The number of para-hydroxylation sites is 1. The number of carbonyl (C=O) groups is 2. The van der Waals surface area contributed by atoms with Crippen molar-refractivity contribution in [2.75, 3.05) is 0 Å². The second kappa shape index (κ2) is 7.98. The minimum atomic E-state index is -0.859. The van der Waals surface area contributed by atoms with Crippen LogP contribution >= 0.6 is 0 Å². The standard InChI is InChI=1S/C24H26N4O3/c1-13-12-21-26-14(2)18(16(4)28(21)27-13)10-11-22(29)31-17(5)24(30)23-15(3)25-20-9-7-6-8-19(20)23/h6-9,12,17,25H,10-11H2,1-5H3/t17-/m0/s1. The van der Waals surface area contributed by atoms with Crippen molar-refractivity contribution in [2.45, 2.75) is 53.6 Å². The predicted molar refractivity (Wildman–Crippen MR) is 118 cm³/mol. The number of nitrogens with zero attached hydrogens (tertiary/aromatic N) is 3. The molecule has 0 radical (unpaired) electrons. The lowest BCUT2D eigenvalue weighted by molar-refractivity contribution is -0.146. The summed E-state index contributed by atoms with van der Waals surface area (Å²) in [5.41, 5.74) is 6.74. The highest BCUT2D eigenvalue weighted by molar-refractivity contribution is 6.11. The molecule has 31 heavy (non-hydrogen) atoms. The van der Waals surface area contributed by atoms with Gasteiger partial charge in [0.15, 0.2) is 11.8 Å². The number of fused-ring (bicyclic) bond motifs is 2. The van der Waals surface area contributed by atoms with Crippen LogP contribution < -0.4 is 0 Å². The molecule has 0 bridgehead atoms. The number of aromatic amines is 1. The van der Waals surface area contributed by atoms with Crippen molar-refractivity contribution in [3.05, 3.63) is 64.2 Å². The van der Waals surface area contributed by atoms with E-state index in [1.165, 1.54) is 0 Å². The summed E-state index contributed by atoms with van der Waals surface area (Å²) >= 11 is 0. The molecule has 0 aliphatic carbocycles. The molecule has 0 aliphatic heterocycles. The molecule has 0 saturated heterocycles. The van der Waals surface area contributed by atoms with Crippen LogP contribution in [0.5, 0.6) is 0 Å². The number of Topliss-reactive ketones (excluding diaryl/α,β-unsaturated/α-hetero) is 1. The van der Waals surface area contributed by atoms with Gasteiger partial charge in [0.2, 0.25) is 5.78 Å². The van der Waals surface area contributed by atoms with Crippen molar-refractivity contribution in [3.8, 4) is 0 Å². The minimum Gasteiger partial charge on any atom is -0.454 e. The van der Waals surface area contributed by atoms with Gasteiger partial charge in [-0.2, -0.15) is 5.10 Å². The number of ether oxygens (including phenoxy) is 1. The van der Waals surface area contributed by atoms with E-state index in [4.69, 9.17) is 4.74 Å². The topological polar surface area (TPSA) is 89.3 Å². The molecule has 0 aliphatic rings. The summed E-state index contributed by atoms with van der Waals surface area (Å²) in [5.74, 6) is -0.611. The fourth-order valence-corrected chi connectivity index (χ4v) is 4.14. The number of H-pyrrole nitrogens is 1. The molecule has 1 N–H and O–H groups in total. The number of aromatic nitrogens is 4. The Bertz CT molecular complexity index is 1320. The smallest absolute Gasteiger partial charge is 0.306 e. The molecule has 3 heterocycles. The van der Waals surface area contributed by atoms with E-state index in [1.54, 1.807) is 11.4 Å². The zero-order valence-electron chi connectivity index (χ0n) is 18.4. The molecule has 4 aromatic rings.